The molecule has 0 aliphatic heterocycles. The molecule has 0 radical (unpaired) electrons. The average Bonchev–Trinajstić information content (AvgIpc) is 2.81. The first-order chi connectivity index (χ1) is 15.5. The maximum Gasteiger partial charge on any atom is 0.258 e. The van der Waals surface area contributed by atoms with E-state index in [4.69, 9.17) is 9.47 Å². The van der Waals surface area contributed by atoms with Gasteiger partial charge in [-0.1, -0.05) is 50.2 Å². The fraction of sp³-hybridized carbons (Fsp3) is 0.320. The van der Waals surface area contributed by atoms with Crippen LogP contribution in [-0.4, -0.2) is 42.6 Å². The lowest BCUT2D eigenvalue weighted by Crippen LogP contribution is -2.51. The van der Waals surface area contributed by atoms with E-state index in [1.807, 2.05) is 62.4 Å². The first kappa shape index (κ1) is 23.1. The van der Waals surface area contributed by atoms with Gasteiger partial charge in [-0.15, -0.1) is 0 Å². The number of amides is 2. The number of pyridine rings is 1. The first-order valence-corrected chi connectivity index (χ1v) is 10.8. The van der Waals surface area contributed by atoms with Crippen LogP contribution in [0.25, 0.3) is 10.9 Å². The van der Waals surface area contributed by atoms with Crippen LogP contribution < -0.4 is 20.1 Å². The van der Waals surface area contributed by atoms with Crippen LogP contribution >= 0.6 is 0 Å². The molecule has 1 aromatic heterocycles. The van der Waals surface area contributed by atoms with Crippen molar-refractivity contribution in [1.82, 2.24) is 15.6 Å². The van der Waals surface area contributed by atoms with Crippen LogP contribution in [-0.2, 0) is 9.59 Å². The Balaban J connectivity index is 1.41. The molecule has 2 aromatic carbocycles. The zero-order valence-corrected chi connectivity index (χ0v) is 18.4. The summed E-state index contributed by atoms with van der Waals surface area (Å²) in [7, 11) is 0. The number of hydrogen-bond donors (Lipinski definition) is 2. The van der Waals surface area contributed by atoms with E-state index in [0.717, 1.165) is 16.7 Å². The third kappa shape index (κ3) is 6.70. The third-order valence-electron chi connectivity index (χ3n) is 4.85. The van der Waals surface area contributed by atoms with Crippen molar-refractivity contribution < 1.29 is 19.1 Å². The largest absolute Gasteiger partial charge is 0.491 e. The standard InChI is InChI=1S/C25H29N3O4/c1-18(2)23(28-22(29)17-32-20-11-4-3-5-12-20)25(30)27-15-8-16-31-21-13-6-9-19-10-7-14-26-24(19)21/h3-7,9-14,18,23H,8,15-17H2,1-2H3,(H,27,30)(H,28,29). The maximum absolute atomic E-state index is 12.6. The van der Waals surface area contributed by atoms with Gasteiger partial charge in [-0.25, -0.2) is 0 Å². The summed E-state index contributed by atoms with van der Waals surface area (Å²) in [4.78, 5) is 29.2. The molecular formula is C25H29N3O4. The van der Waals surface area contributed by atoms with Crippen LogP contribution in [0, 0.1) is 5.92 Å². The van der Waals surface area contributed by atoms with Crippen molar-refractivity contribution in [2.45, 2.75) is 26.3 Å². The molecule has 168 valence electrons. The summed E-state index contributed by atoms with van der Waals surface area (Å²) in [5, 5.41) is 6.65. The Labute approximate surface area is 188 Å². The van der Waals surface area contributed by atoms with E-state index in [9.17, 15) is 9.59 Å². The molecule has 0 aliphatic rings. The smallest absolute Gasteiger partial charge is 0.258 e. The highest BCUT2D eigenvalue weighted by molar-refractivity contribution is 5.88. The van der Waals surface area contributed by atoms with E-state index in [2.05, 4.69) is 15.6 Å². The zero-order valence-electron chi connectivity index (χ0n) is 18.4. The highest BCUT2D eigenvalue weighted by atomic mass is 16.5. The summed E-state index contributed by atoms with van der Waals surface area (Å²) in [5.41, 5.74) is 0.819. The van der Waals surface area contributed by atoms with Gasteiger partial charge in [0.1, 0.15) is 23.1 Å². The normalized spacial score (nSPS) is 11.7. The van der Waals surface area contributed by atoms with Gasteiger partial charge >= 0.3 is 0 Å². The van der Waals surface area contributed by atoms with Crippen molar-refractivity contribution in [1.29, 1.82) is 0 Å². The molecule has 1 unspecified atom stereocenters. The molecule has 1 atom stereocenters. The van der Waals surface area contributed by atoms with E-state index in [-0.39, 0.29) is 24.3 Å². The number of carbonyl (C=O) groups is 2. The predicted octanol–water partition coefficient (Wildman–Crippen LogP) is 3.34. The van der Waals surface area contributed by atoms with Gasteiger partial charge < -0.3 is 20.1 Å². The fourth-order valence-corrected chi connectivity index (χ4v) is 3.18. The number of benzene rings is 2. The fourth-order valence-electron chi connectivity index (χ4n) is 3.18. The molecule has 2 amide bonds. The van der Waals surface area contributed by atoms with Crippen LogP contribution in [0.5, 0.6) is 11.5 Å². The van der Waals surface area contributed by atoms with Crippen LogP contribution in [0.1, 0.15) is 20.3 Å². The number of fused-ring (bicyclic) bond motifs is 1. The zero-order chi connectivity index (χ0) is 22.8. The van der Waals surface area contributed by atoms with E-state index in [1.54, 1.807) is 18.3 Å². The Morgan fingerprint density at radius 2 is 1.75 bits per heavy atom. The topological polar surface area (TPSA) is 89.5 Å². The second kappa shape index (κ2) is 11.7. The summed E-state index contributed by atoms with van der Waals surface area (Å²) in [6.07, 6.45) is 2.37. The Bertz CT molecular complexity index is 1020. The van der Waals surface area contributed by atoms with Gasteiger partial charge in [-0.2, -0.15) is 0 Å². The summed E-state index contributed by atoms with van der Waals surface area (Å²) < 4.78 is 11.3. The molecule has 0 saturated carbocycles. The highest BCUT2D eigenvalue weighted by Gasteiger charge is 2.24. The van der Waals surface area contributed by atoms with Crippen molar-refractivity contribution in [2.75, 3.05) is 19.8 Å². The number of para-hydroxylation sites is 2. The molecule has 1 heterocycles. The SMILES string of the molecule is CC(C)C(NC(=O)COc1ccccc1)C(=O)NCCCOc1cccc2cccnc12. The lowest BCUT2D eigenvalue weighted by atomic mass is 10.0. The van der Waals surface area contributed by atoms with Crippen LogP contribution in [0.2, 0.25) is 0 Å². The number of aromatic nitrogens is 1. The van der Waals surface area contributed by atoms with Crippen LogP contribution in [0.3, 0.4) is 0 Å². The van der Waals surface area contributed by atoms with Gasteiger partial charge in [0, 0.05) is 18.1 Å². The van der Waals surface area contributed by atoms with Crippen molar-refractivity contribution in [3.8, 4) is 11.5 Å². The average molecular weight is 436 g/mol. The lowest BCUT2D eigenvalue weighted by Gasteiger charge is -2.22. The Morgan fingerprint density at radius 3 is 2.53 bits per heavy atom. The summed E-state index contributed by atoms with van der Waals surface area (Å²) >= 11 is 0. The van der Waals surface area contributed by atoms with Gasteiger partial charge in [-0.3, -0.25) is 14.6 Å². The minimum atomic E-state index is -0.634. The quantitative estimate of drug-likeness (QED) is 0.451. The molecule has 0 aliphatic carbocycles. The highest BCUT2D eigenvalue weighted by Crippen LogP contribution is 2.22. The molecule has 0 spiro atoms. The van der Waals surface area contributed by atoms with Gasteiger partial charge in [0.25, 0.3) is 5.91 Å². The summed E-state index contributed by atoms with van der Waals surface area (Å²) in [6, 6.07) is 18.1. The second-order valence-electron chi connectivity index (χ2n) is 7.72. The molecule has 7 heteroatoms. The molecule has 0 bridgehead atoms. The molecule has 0 fully saturated rings. The summed E-state index contributed by atoms with van der Waals surface area (Å²) in [5.74, 6) is 0.706. The van der Waals surface area contributed by atoms with Gasteiger partial charge in [0.15, 0.2) is 6.61 Å². The van der Waals surface area contributed by atoms with E-state index >= 15 is 0 Å². The van der Waals surface area contributed by atoms with Crippen LogP contribution in [0.4, 0.5) is 0 Å². The molecule has 7 nitrogen and oxygen atoms in total. The van der Waals surface area contributed by atoms with E-state index in [1.165, 1.54) is 0 Å². The lowest BCUT2D eigenvalue weighted by molar-refractivity contribution is -0.131. The van der Waals surface area contributed by atoms with Crippen molar-refractivity contribution >= 4 is 22.7 Å². The molecule has 32 heavy (non-hydrogen) atoms. The molecule has 0 saturated heterocycles. The number of carbonyl (C=O) groups excluding carboxylic acids is 2. The molecule has 3 aromatic rings. The minimum absolute atomic E-state index is 0.0614. The third-order valence-corrected chi connectivity index (χ3v) is 4.85. The van der Waals surface area contributed by atoms with Crippen molar-refractivity contribution in [3.63, 3.8) is 0 Å². The van der Waals surface area contributed by atoms with Crippen molar-refractivity contribution in [3.05, 3.63) is 66.9 Å². The van der Waals surface area contributed by atoms with Gasteiger partial charge in [0.05, 0.1) is 6.61 Å². The van der Waals surface area contributed by atoms with Gasteiger partial charge in [-0.05, 0) is 36.6 Å². The van der Waals surface area contributed by atoms with E-state index < -0.39 is 6.04 Å². The summed E-state index contributed by atoms with van der Waals surface area (Å²) in [6.45, 7) is 4.52. The molecular weight excluding hydrogens is 406 g/mol. The number of nitrogens with one attached hydrogen (secondary N) is 2. The number of nitrogens with zero attached hydrogens (tertiary/aromatic N) is 1. The monoisotopic (exact) mass is 435 g/mol. The molecule has 2 N–H and O–H groups in total. The van der Waals surface area contributed by atoms with Gasteiger partial charge in [0.2, 0.25) is 5.91 Å². The molecule has 3 rings (SSSR count). The predicted molar refractivity (Wildman–Crippen MR) is 124 cm³/mol. The number of hydrogen-bond acceptors (Lipinski definition) is 5. The van der Waals surface area contributed by atoms with Crippen molar-refractivity contribution in [2.24, 2.45) is 5.92 Å². The number of rotatable bonds is 11. The Morgan fingerprint density at radius 1 is 0.969 bits per heavy atom. The minimum Gasteiger partial charge on any atom is -0.491 e. The maximum atomic E-state index is 12.6. The van der Waals surface area contributed by atoms with Crippen LogP contribution in [0.15, 0.2) is 66.9 Å². The number of ether oxygens (including phenoxy) is 2. The Hall–Kier alpha value is -3.61. The Kier molecular flexibility index (Phi) is 8.43. The second-order valence-corrected chi connectivity index (χ2v) is 7.72. The first-order valence-electron chi connectivity index (χ1n) is 10.8. The van der Waals surface area contributed by atoms with E-state index in [0.29, 0.717) is 25.3 Å².